The van der Waals surface area contributed by atoms with Gasteiger partial charge in [0.05, 0.1) is 30.1 Å². The third kappa shape index (κ3) is 3.41. The van der Waals surface area contributed by atoms with E-state index in [1.54, 1.807) is 4.52 Å². The van der Waals surface area contributed by atoms with E-state index < -0.39 is 0 Å². The second-order valence-electron chi connectivity index (χ2n) is 8.92. The highest BCUT2D eigenvalue weighted by Gasteiger charge is 2.44. The van der Waals surface area contributed by atoms with Crippen LogP contribution in [-0.4, -0.2) is 42.6 Å². The molecule has 0 bridgehead atoms. The van der Waals surface area contributed by atoms with Crippen molar-refractivity contribution in [2.75, 3.05) is 24.2 Å². The molecule has 0 aliphatic heterocycles. The van der Waals surface area contributed by atoms with Crippen LogP contribution in [0, 0.1) is 19.4 Å². The summed E-state index contributed by atoms with van der Waals surface area (Å²) in [4.78, 5) is 8.40. The zero-order valence-electron chi connectivity index (χ0n) is 17.8. The van der Waals surface area contributed by atoms with Crippen LogP contribution in [0.15, 0.2) is 12.3 Å². The fourth-order valence-electron chi connectivity index (χ4n) is 4.34. The molecule has 9 nitrogen and oxygen atoms in total. The van der Waals surface area contributed by atoms with Gasteiger partial charge in [-0.2, -0.15) is 10.2 Å². The molecule has 9 heteroatoms. The van der Waals surface area contributed by atoms with Gasteiger partial charge in [0.1, 0.15) is 11.6 Å². The zero-order valence-corrected chi connectivity index (χ0v) is 17.8. The molecule has 2 aliphatic carbocycles. The van der Waals surface area contributed by atoms with E-state index in [4.69, 9.17) is 17.3 Å². The lowest BCUT2D eigenvalue weighted by Gasteiger charge is -2.25. The maximum absolute atomic E-state index is 9.58. The molecule has 0 spiro atoms. The van der Waals surface area contributed by atoms with Crippen molar-refractivity contribution in [1.82, 2.24) is 24.4 Å². The van der Waals surface area contributed by atoms with Gasteiger partial charge in [-0.3, -0.25) is 4.68 Å². The Morgan fingerprint density at radius 3 is 2.81 bits per heavy atom. The SMILES string of the molecule is [C-]#[N+]c1c(NCCc2ccn(C3(CO)CC3)n2)nc2c(CC3CCC3)c(C)nn2c1N. The summed E-state index contributed by atoms with van der Waals surface area (Å²) in [5, 5.41) is 22.1. The summed E-state index contributed by atoms with van der Waals surface area (Å²) in [7, 11) is 0. The number of hydrogen-bond donors (Lipinski definition) is 3. The third-order valence-corrected chi connectivity index (χ3v) is 6.82. The number of aromatic nitrogens is 5. The first kappa shape index (κ1) is 19.8. The monoisotopic (exact) mass is 420 g/mol. The van der Waals surface area contributed by atoms with Crippen LogP contribution in [-0.2, 0) is 18.4 Å². The van der Waals surface area contributed by atoms with Gasteiger partial charge < -0.3 is 16.2 Å². The van der Waals surface area contributed by atoms with Crippen LogP contribution in [0.1, 0.15) is 49.1 Å². The Hall–Kier alpha value is -3.12. The number of fused-ring (bicyclic) bond motifs is 1. The Balaban J connectivity index is 1.36. The summed E-state index contributed by atoms with van der Waals surface area (Å²) >= 11 is 0. The number of nitrogens with zero attached hydrogens (tertiary/aromatic N) is 6. The molecule has 0 amide bonds. The molecule has 3 aromatic heterocycles. The van der Waals surface area contributed by atoms with Crippen molar-refractivity contribution < 1.29 is 5.11 Å². The van der Waals surface area contributed by atoms with Crippen molar-refractivity contribution in [2.24, 2.45) is 5.92 Å². The number of aliphatic hydroxyl groups is 1. The lowest BCUT2D eigenvalue weighted by Crippen LogP contribution is -2.22. The number of nitrogens with one attached hydrogen (secondary N) is 1. The first-order chi connectivity index (χ1) is 15.0. The average molecular weight is 421 g/mol. The molecule has 3 heterocycles. The van der Waals surface area contributed by atoms with Gasteiger partial charge in [-0.15, -0.1) is 0 Å². The Labute approximate surface area is 181 Å². The lowest BCUT2D eigenvalue weighted by atomic mass is 9.81. The van der Waals surface area contributed by atoms with Crippen molar-refractivity contribution >= 4 is 23.0 Å². The van der Waals surface area contributed by atoms with Gasteiger partial charge in [0.15, 0.2) is 5.65 Å². The molecule has 0 radical (unpaired) electrons. The normalized spacial score (nSPS) is 17.5. The average Bonchev–Trinajstić information content (AvgIpc) is 3.27. The Morgan fingerprint density at radius 2 is 2.16 bits per heavy atom. The van der Waals surface area contributed by atoms with Gasteiger partial charge in [0, 0.05) is 24.7 Å². The maximum atomic E-state index is 9.58. The molecule has 0 atom stereocenters. The summed E-state index contributed by atoms with van der Waals surface area (Å²) in [6, 6.07) is 1.98. The van der Waals surface area contributed by atoms with E-state index in [1.807, 2.05) is 23.9 Å². The third-order valence-electron chi connectivity index (χ3n) is 6.82. The van der Waals surface area contributed by atoms with E-state index in [1.165, 1.54) is 19.3 Å². The number of anilines is 2. The molecule has 2 aliphatic rings. The molecule has 4 N–H and O–H groups in total. The van der Waals surface area contributed by atoms with Gasteiger partial charge in [-0.1, -0.05) is 19.3 Å². The lowest BCUT2D eigenvalue weighted by molar-refractivity contribution is 0.202. The highest BCUT2D eigenvalue weighted by molar-refractivity contribution is 5.80. The molecular weight excluding hydrogens is 392 g/mol. The molecular formula is C22H28N8O. The molecule has 0 saturated heterocycles. The molecule has 5 rings (SSSR count). The minimum Gasteiger partial charge on any atom is -0.394 e. The van der Waals surface area contributed by atoms with Crippen molar-refractivity contribution in [3.8, 4) is 0 Å². The van der Waals surface area contributed by atoms with Gasteiger partial charge in [0.25, 0.3) is 5.69 Å². The maximum Gasteiger partial charge on any atom is 0.268 e. The summed E-state index contributed by atoms with van der Waals surface area (Å²) in [5.41, 5.74) is 10.2. The Kier molecular flexibility index (Phi) is 4.82. The van der Waals surface area contributed by atoms with Crippen LogP contribution < -0.4 is 11.1 Å². The predicted molar refractivity (Wildman–Crippen MR) is 118 cm³/mol. The number of rotatable bonds is 8. The Morgan fingerprint density at radius 1 is 1.35 bits per heavy atom. The molecule has 2 saturated carbocycles. The van der Waals surface area contributed by atoms with E-state index in [0.717, 1.165) is 41.9 Å². The summed E-state index contributed by atoms with van der Waals surface area (Å²) in [6.45, 7) is 10.3. The molecule has 2 fully saturated rings. The van der Waals surface area contributed by atoms with E-state index in [9.17, 15) is 5.11 Å². The van der Waals surface area contributed by atoms with Crippen molar-refractivity contribution in [2.45, 2.75) is 57.4 Å². The van der Waals surface area contributed by atoms with Crippen LogP contribution in [0.2, 0.25) is 0 Å². The van der Waals surface area contributed by atoms with Crippen molar-refractivity contribution in [1.29, 1.82) is 0 Å². The fourth-order valence-corrected chi connectivity index (χ4v) is 4.34. The summed E-state index contributed by atoms with van der Waals surface area (Å²) < 4.78 is 3.50. The van der Waals surface area contributed by atoms with Gasteiger partial charge in [-0.25, -0.2) is 14.3 Å². The minimum absolute atomic E-state index is 0.123. The molecule has 0 unspecified atom stereocenters. The number of nitrogen functional groups attached to an aromatic ring is 1. The van der Waals surface area contributed by atoms with E-state index >= 15 is 0 Å². The quantitative estimate of drug-likeness (QED) is 0.483. The molecule has 0 aromatic carbocycles. The van der Waals surface area contributed by atoms with Crippen LogP contribution >= 0.6 is 0 Å². The predicted octanol–water partition coefficient (Wildman–Crippen LogP) is 2.85. The van der Waals surface area contributed by atoms with E-state index in [-0.39, 0.29) is 12.1 Å². The highest BCUT2D eigenvalue weighted by Crippen LogP contribution is 2.42. The number of hydrogen-bond acceptors (Lipinski definition) is 6. The standard InChI is InChI=1S/C22H28N8O/c1-14-17(12-15-4-3-5-15)21-26-20(18(24-2)19(23)30(21)27-14)25-10-6-16-7-11-29(28-16)22(13-31)8-9-22/h7,11,15,31H,3-6,8-10,12-13,23H2,1H3,(H,25,26). The first-order valence-corrected chi connectivity index (χ1v) is 11.0. The second-order valence-corrected chi connectivity index (χ2v) is 8.92. The second kappa shape index (κ2) is 7.54. The Bertz CT molecular complexity index is 1160. The van der Waals surface area contributed by atoms with Crippen LogP contribution in [0.5, 0.6) is 0 Å². The van der Waals surface area contributed by atoms with Crippen molar-refractivity contribution in [3.63, 3.8) is 0 Å². The fraction of sp³-hybridized carbons (Fsp3) is 0.545. The largest absolute Gasteiger partial charge is 0.394 e. The minimum atomic E-state index is -0.194. The smallest absolute Gasteiger partial charge is 0.268 e. The molecule has 162 valence electrons. The van der Waals surface area contributed by atoms with Crippen LogP contribution in [0.4, 0.5) is 17.3 Å². The molecule has 3 aromatic rings. The summed E-state index contributed by atoms with van der Waals surface area (Å²) in [5.74, 6) is 1.52. The van der Waals surface area contributed by atoms with Crippen molar-refractivity contribution in [3.05, 3.63) is 40.6 Å². The summed E-state index contributed by atoms with van der Waals surface area (Å²) in [6.07, 6.45) is 9.32. The topological polar surface area (TPSA) is 111 Å². The highest BCUT2D eigenvalue weighted by atomic mass is 16.3. The van der Waals surface area contributed by atoms with Gasteiger partial charge in [0.2, 0.25) is 0 Å². The number of aryl methyl sites for hydroxylation is 1. The van der Waals surface area contributed by atoms with Gasteiger partial charge >= 0.3 is 0 Å². The van der Waals surface area contributed by atoms with E-state index in [2.05, 4.69) is 20.4 Å². The number of nitrogens with two attached hydrogens (primary N) is 1. The van der Waals surface area contributed by atoms with Crippen LogP contribution in [0.3, 0.4) is 0 Å². The number of aliphatic hydroxyl groups excluding tert-OH is 1. The van der Waals surface area contributed by atoms with E-state index in [0.29, 0.717) is 36.2 Å². The van der Waals surface area contributed by atoms with Gasteiger partial charge in [-0.05, 0) is 38.2 Å². The zero-order chi connectivity index (χ0) is 21.6. The van der Waals surface area contributed by atoms with Crippen LogP contribution in [0.25, 0.3) is 10.5 Å². The molecule has 31 heavy (non-hydrogen) atoms. The first-order valence-electron chi connectivity index (χ1n) is 11.0.